The number of hydrogen-bond acceptors (Lipinski definition) is 4. The summed E-state index contributed by atoms with van der Waals surface area (Å²) in [5.74, 6) is -0.0747. The first kappa shape index (κ1) is 23.7. The summed E-state index contributed by atoms with van der Waals surface area (Å²) >= 11 is 0. The lowest BCUT2D eigenvalue weighted by Gasteiger charge is -2.38. The minimum atomic E-state index is -2.88. The molecule has 1 saturated heterocycles. The number of rotatable bonds is 9. The van der Waals surface area contributed by atoms with E-state index >= 15 is 0 Å². The predicted molar refractivity (Wildman–Crippen MR) is 119 cm³/mol. The summed E-state index contributed by atoms with van der Waals surface area (Å²) in [4.78, 5) is 29.3. The van der Waals surface area contributed by atoms with Gasteiger partial charge >= 0.3 is 6.61 Å². The Balaban J connectivity index is 1.52. The van der Waals surface area contributed by atoms with E-state index in [0.717, 1.165) is 25.8 Å². The third kappa shape index (κ3) is 6.75. The maximum atomic E-state index is 12.7. The minimum Gasteiger partial charge on any atom is -0.435 e. The van der Waals surface area contributed by atoms with Crippen molar-refractivity contribution >= 4 is 17.5 Å². The minimum absolute atomic E-state index is 0.0439. The number of carbonyl (C=O) groups is 2. The Hall–Kier alpha value is -3.00. The summed E-state index contributed by atoms with van der Waals surface area (Å²) in [6, 6.07) is 15.4. The van der Waals surface area contributed by atoms with Gasteiger partial charge < -0.3 is 15.0 Å². The lowest BCUT2D eigenvalue weighted by Crippen LogP contribution is -2.49. The van der Waals surface area contributed by atoms with E-state index in [2.05, 4.69) is 21.9 Å². The molecule has 0 radical (unpaired) electrons. The van der Waals surface area contributed by atoms with Gasteiger partial charge in [0.25, 0.3) is 5.91 Å². The van der Waals surface area contributed by atoms with Gasteiger partial charge in [-0.05, 0) is 62.2 Å². The van der Waals surface area contributed by atoms with Gasteiger partial charge in [0, 0.05) is 30.4 Å². The van der Waals surface area contributed by atoms with Crippen molar-refractivity contribution in [1.29, 1.82) is 0 Å². The molecular formula is C24H29F2N3O3. The summed E-state index contributed by atoms with van der Waals surface area (Å²) in [6.45, 7) is 1.53. The maximum Gasteiger partial charge on any atom is 0.387 e. The highest BCUT2D eigenvalue weighted by Gasteiger charge is 2.28. The Kier molecular flexibility index (Phi) is 8.56. The Labute approximate surface area is 187 Å². The van der Waals surface area contributed by atoms with Gasteiger partial charge in [0.1, 0.15) is 5.75 Å². The quantitative estimate of drug-likeness (QED) is 0.627. The number of halogens is 2. The first-order valence-electron chi connectivity index (χ1n) is 10.9. The molecule has 8 heteroatoms. The number of piperidine rings is 1. The van der Waals surface area contributed by atoms with Gasteiger partial charge in [0.05, 0.1) is 6.54 Å². The van der Waals surface area contributed by atoms with E-state index < -0.39 is 6.61 Å². The van der Waals surface area contributed by atoms with Gasteiger partial charge in [0.2, 0.25) is 5.91 Å². The van der Waals surface area contributed by atoms with Crippen LogP contribution in [0, 0.1) is 0 Å². The molecule has 1 heterocycles. The molecule has 32 heavy (non-hydrogen) atoms. The zero-order valence-electron chi connectivity index (χ0n) is 18.2. The number of nitrogens with one attached hydrogen (secondary N) is 1. The fraction of sp³-hybridized carbons (Fsp3) is 0.417. The lowest BCUT2D eigenvalue weighted by molar-refractivity contribution is -0.118. The largest absolute Gasteiger partial charge is 0.435 e. The van der Waals surface area contributed by atoms with Crippen LogP contribution in [-0.4, -0.2) is 60.4 Å². The van der Waals surface area contributed by atoms with Crippen LogP contribution < -0.4 is 10.1 Å². The second kappa shape index (κ2) is 11.6. The van der Waals surface area contributed by atoms with E-state index in [9.17, 15) is 18.4 Å². The van der Waals surface area contributed by atoms with E-state index in [1.165, 1.54) is 24.3 Å². The van der Waals surface area contributed by atoms with Crippen LogP contribution in [0.1, 0.15) is 36.5 Å². The summed E-state index contributed by atoms with van der Waals surface area (Å²) in [7, 11) is 0. The van der Waals surface area contributed by atoms with Crippen LogP contribution in [0.25, 0.3) is 0 Å². The molecule has 1 aliphatic heterocycles. The molecule has 1 N–H and O–H groups in total. The van der Waals surface area contributed by atoms with Crippen molar-refractivity contribution in [3.05, 3.63) is 60.2 Å². The average Bonchev–Trinajstić information content (AvgIpc) is 2.80. The van der Waals surface area contributed by atoms with Crippen molar-refractivity contribution in [2.24, 2.45) is 0 Å². The fourth-order valence-corrected chi connectivity index (χ4v) is 3.98. The number of carbonyl (C=O) groups excluding carboxylic acids is 2. The zero-order valence-corrected chi connectivity index (χ0v) is 18.2. The smallest absolute Gasteiger partial charge is 0.387 e. The van der Waals surface area contributed by atoms with E-state index in [0.29, 0.717) is 24.3 Å². The number of amides is 2. The number of hydrogen-bond donors (Lipinski definition) is 1. The molecule has 3 rings (SSSR count). The third-order valence-electron chi connectivity index (χ3n) is 5.51. The number of nitrogens with zero attached hydrogens (tertiary/aromatic N) is 2. The van der Waals surface area contributed by atoms with Crippen molar-refractivity contribution in [3.63, 3.8) is 0 Å². The Morgan fingerprint density at radius 1 is 1.09 bits per heavy atom. The Bertz CT molecular complexity index is 870. The topological polar surface area (TPSA) is 61.9 Å². The van der Waals surface area contributed by atoms with Crippen LogP contribution in [0.4, 0.5) is 14.5 Å². The SMILES string of the molecule is CCCN(CC(=O)Nc1ccc(OC(F)F)cc1)C1CCN(C(=O)c2ccccc2)CC1. The Morgan fingerprint density at radius 3 is 2.34 bits per heavy atom. The zero-order chi connectivity index (χ0) is 22.9. The summed E-state index contributed by atoms with van der Waals surface area (Å²) < 4.78 is 28.8. The van der Waals surface area contributed by atoms with Crippen molar-refractivity contribution < 1.29 is 23.1 Å². The van der Waals surface area contributed by atoms with Crippen molar-refractivity contribution in [3.8, 4) is 5.75 Å². The maximum absolute atomic E-state index is 12.7. The third-order valence-corrected chi connectivity index (χ3v) is 5.51. The van der Waals surface area contributed by atoms with E-state index in [4.69, 9.17) is 0 Å². The second-order valence-electron chi connectivity index (χ2n) is 7.81. The van der Waals surface area contributed by atoms with Gasteiger partial charge in [-0.15, -0.1) is 0 Å². The van der Waals surface area contributed by atoms with Crippen molar-refractivity contribution in [2.75, 3.05) is 31.5 Å². The normalized spacial score (nSPS) is 14.6. The number of benzene rings is 2. The first-order valence-corrected chi connectivity index (χ1v) is 10.9. The first-order chi connectivity index (χ1) is 15.5. The standard InChI is InChI=1S/C24H29F2N3O3/c1-2-14-29(17-22(30)27-19-8-10-21(11-9-19)32-24(25)26)20-12-15-28(16-13-20)23(31)18-6-4-3-5-7-18/h3-11,20,24H,2,12-17H2,1H3,(H,27,30). The van der Waals surface area contributed by atoms with Crippen LogP contribution in [0.2, 0.25) is 0 Å². The average molecular weight is 446 g/mol. The summed E-state index contributed by atoms with van der Waals surface area (Å²) in [6.07, 6.45) is 2.53. The van der Waals surface area contributed by atoms with Crippen molar-refractivity contribution in [1.82, 2.24) is 9.80 Å². The molecule has 172 valence electrons. The van der Waals surface area contributed by atoms with Crippen LogP contribution >= 0.6 is 0 Å². The van der Waals surface area contributed by atoms with E-state index in [1.807, 2.05) is 35.2 Å². The molecule has 2 amide bonds. The van der Waals surface area contributed by atoms with Crippen LogP contribution in [-0.2, 0) is 4.79 Å². The Morgan fingerprint density at radius 2 is 1.75 bits per heavy atom. The number of anilines is 1. The highest BCUT2D eigenvalue weighted by atomic mass is 19.3. The van der Waals surface area contributed by atoms with Gasteiger partial charge in [-0.2, -0.15) is 8.78 Å². The summed E-state index contributed by atoms with van der Waals surface area (Å²) in [5, 5.41) is 2.81. The molecule has 0 bridgehead atoms. The van der Waals surface area contributed by atoms with Gasteiger partial charge in [-0.3, -0.25) is 14.5 Å². The highest BCUT2D eigenvalue weighted by Crippen LogP contribution is 2.20. The molecule has 0 atom stereocenters. The molecule has 0 spiro atoms. The van der Waals surface area contributed by atoms with Crippen LogP contribution in [0.5, 0.6) is 5.75 Å². The van der Waals surface area contributed by atoms with Crippen molar-refractivity contribution in [2.45, 2.75) is 38.8 Å². The van der Waals surface area contributed by atoms with Crippen LogP contribution in [0.15, 0.2) is 54.6 Å². The second-order valence-corrected chi connectivity index (χ2v) is 7.81. The number of alkyl halides is 2. The van der Waals surface area contributed by atoms with E-state index in [1.54, 1.807) is 0 Å². The van der Waals surface area contributed by atoms with Crippen LogP contribution in [0.3, 0.4) is 0 Å². The van der Waals surface area contributed by atoms with Gasteiger partial charge in [0.15, 0.2) is 0 Å². The number of ether oxygens (including phenoxy) is 1. The molecule has 2 aromatic carbocycles. The molecular weight excluding hydrogens is 416 g/mol. The molecule has 1 aliphatic rings. The highest BCUT2D eigenvalue weighted by molar-refractivity contribution is 5.94. The summed E-state index contributed by atoms with van der Waals surface area (Å²) in [5.41, 5.74) is 1.22. The molecule has 2 aromatic rings. The fourth-order valence-electron chi connectivity index (χ4n) is 3.98. The predicted octanol–water partition coefficient (Wildman–Crippen LogP) is 4.24. The molecule has 6 nitrogen and oxygen atoms in total. The molecule has 0 unspecified atom stereocenters. The van der Waals surface area contributed by atoms with Gasteiger partial charge in [-0.1, -0.05) is 25.1 Å². The number of likely N-dealkylation sites (tertiary alicyclic amines) is 1. The monoisotopic (exact) mass is 445 g/mol. The molecule has 1 fully saturated rings. The molecule has 0 aliphatic carbocycles. The van der Waals surface area contributed by atoms with Gasteiger partial charge in [-0.25, -0.2) is 0 Å². The lowest BCUT2D eigenvalue weighted by atomic mass is 10.0. The molecule has 0 saturated carbocycles. The van der Waals surface area contributed by atoms with E-state index in [-0.39, 0.29) is 30.2 Å². The molecule has 0 aromatic heterocycles.